The highest BCUT2D eigenvalue weighted by molar-refractivity contribution is 6.83. The van der Waals surface area contributed by atoms with Crippen LogP contribution in [-0.4, -0.2) is 19.3 Å². The average Bonchev–Trinajstić information content (AvgIpc) is 2.58. The number of nitrogens with two attached hydrogens (primary N) is 1. The molecule has 28 heavy (non-hydrogen) atoms. The number of carbonyl (C=O) groups is 1. The van der Waals surface area contributed by atoms with Crippen molar-refractivity contribution in [1.82, 2.24) is 0 Å². The average molecular weight is 406 g/mol. The highest BCUT2D eigenvalue weighted by Crippen LogP contribution is 2.46. The van der Waals surface area contributed by atoms with E-state index in [9.17, 15) is 14.3 Å². The van der Waals surface area contributed by atoms with Gasteiger partial charge in [0.15, 0.2) is 11.6 Å². The van der Waals surface area contributed by atoms with Gasteiger partial charge in [-0.3, -0.25) is 0 Å². The number of carbonyl (C=O) groups excluding carboxylic acids is 1. The Morgan fingerprint density at radius 1 is 1.14 bits per heavy atom. The van der Waals surface area contributed by atoms with E-state index in [-0.39, 0.29) is 16.9 Å². The van der Waals surface area contributed by atoms with Crippen LogP contribution < -0.4 is 10.5 Å². The van der Waals surface area contributed by atoms with Gasteiger partial charge in [-0.25, -0.2) is 9.18 Å². The molecule has 0 heterocycles. The zero-order valence-corrected chi connectivity index (χ0v) is 18.7. The molecule has 4 nitrogen and oxygen atoms in total. The van der Waals surface area contributed by atoms with Gasteiger partial charge in [0, 0.05) is 16.8 Å². The summed E-state index contributed by atoms with van der Waals surface area (Å²) >= 11 is 0. The van der Waals surface area contributed by atoms with Crippen molar-refractivity contribution in [3.8, 4) is 11.5 Å². The Hall–Kier alpha value is -2.08. The summed E-state index contributed by atoms with van der Waals surface area (Å²) in [4.78, 5) is 11.0. The van der Waals surface area contributed by atoms with Crippen LogP contribution in [0.3, 0.4) is 0 Å². The Morgan fingerprint density at radius 2 is 1.71 bits per heavy atom. The number of phenols is 1. The SMILES string of the molecule is CC(C)[Si](CCc1cccc2c(F)c(OC(N)=O)cc(O)c12)(C(C)C)C(C)C. The molecule has 0 unspecified atom stereocenters. The Kier molecular flexibility index (Phi) is 6.75. The molecule has 2 rings (SSSR count). The number of primary amides is 1. The molecule has 0 radical (unpaired) electrons. The molecule has 2 aromatic carbocycles. The fourth-order valence-electron chi connectivity index (χ4n) is 5.09. The van der Waals surface area contributed by atoms with Crippen LogP contribution in [0, 0.1) is 5.82 Å². The smallest absolute Gasteiger partial charge is 0.410 e. The van der Waals surface area contributed by atoms with Crippen molar-refractivity contribution in [2.75, 3.05) is 0 Å². The molecule has 0 spiro atoms. The number of fused-ring (bicyclic) bond motifs is 1. The van der Waals surface area contributed by atoms with E-state index in [2.05, 4.69) is 41.5 Å². The molecule has 0 aliphatic heterocycles. The minimum absolute atomic E-state index is 0.103. The van der Waals surface area contributed by atoms with Gasteiger partial charge in [-0.15, -0.1) is 0 Å². The van der Waals surface area contributed by atoms with Crippen LogP contribution in [0.1, 0.15) is 47.1 Å². The maximum atomic E-state index is 14.8. The minimum Gasteiger partial charge on any atom is -0.507 e. The summed E-state index contributed by atoms with van der Waals surface area (Å²) in [5.74, 6) is -1.15. The molecule has 0 saturated carbocycles. The van der Waals surface area contributed by atoms with Crippen molar-refractivity contribution in [1.29, 1.82) is 0 Å². The first-order valence-corrected chi connectivity index (χ1v) is 12.4. The van der Waals surface area contributed by atoms with E-state index < -0.39 is 20.0 Å². The Labute approximate surface area is 167 Å². The number of hydrogen-bond acceptors (Lipinski definition) is 3. The molecular weight excluding hydrogens is 373 g/mol. The number of rotatable bonds is 7. The summed E-state index contributed by atoms with van der Waals surface area (Å²) in [5.41, 5.74) is 7.79. The predicted molar refractivity (Wildman–Crippen MR) is 115 cm³/mol. The number of phenolic OH excluding ortho intramolecular Hbond substituents is 1. The third-order valence-electron chi connectivity index (χ3n) is 6.39. The standard InChI is InChI=1S/C22H32FNO3Si/c1-13(2)28(14(3)4,15(5)6)11-10-16-8-7-9-17-20(16)18(25)12-19(21(17)23)27-22(24)26/h7-9,12-15,25H,10-11H2,1-6H3,(H2,24,26). The predicted octanol–water partition coefficient (Wildman–Crippen LogP) is 6.36. The lowest BCUT2D eigenvalue weighted by Gasteiger charge is -2.43. The van der Waals surface area contributed by atoms with Crippen LogP contribution in [0.5, 0.6) is 11.5 Å². The van der Waals surface area contributed by atoms with Crippen molar-refractivity contribution >= 4 is 24.9 Å². The maximum absolute atomic E-state index is 14.8. The molecule has 0 saturated heterocycles. The van der Waals surface area contributed by atoms with Crippen molar-refractivity contribution in [2.24, 2.45) is 5.73 Å². The zero-order valence-electron chi connectivity index (χ0n) is 17.7. The van der Waals surface area contributed by atoms with Gasteiger partial charge in [0.2, 0.25) is 0 Å². The van der Waals surface area contributed by atoms with E-state index in [4.69, 9.17) is 10.5 Å². The Balaban J connectivity index is 2.51. The van der Waals surface area contributed by atoms with E-state index in [1.165, 1.54) is 0 Å². The van der Waals surface area contributed by atoms with Gasteiger partial charge in [-0.05, 0) is 12.0 Å². The van der Waals surface area contributed by atoms with Crippen molar-refractivity contribution in [3.05, 3.63) is 35.6 Å². The van der Waals surface area contributed by atoms with Crippen LogP contribution in [-0.2, 0) is 6.42 Å². The van der Waals surface area contributed by atoms with Gasteiger partial charge >= 0.3 is 6.09 Å². The summed E-state index contributed by atoms with van der Waals surface area (Å²) in [6.07, 6.45) is -0.336. The maximum Gasteiger partial charge on any atom is 0.410 e. The Morgan fingerprint density at radius 3 is 2.21 bits per heavy atom. The number of ether oxygens (including phenoxy) is 1. The van der Waals surface area contributed by atoms with Crippen LogP contribution in [0.4, 0.5) is 9.18 Å². The fraction of sp³-hybridized carbons (Fsp3) is 0.500. The monoisotopic (exact) mass is 405 g/mol. The first kappa shape index (κ1) is 22.2. The molecule has 0 atom stereocenters. The summed E-state index contributed by atoms with van der Waals surface area (Å²) in [5, 5.41) is 11.3. The van der Waals surface area contributed by atoms with Crippen LogP contribution >= 0.6 is 0 Å². The zero-order chi connectivity index (χ0) is 21.2. The molecule has 2 aromatic rings. The molecule has 1 amide bonds. The number of halogens is 1. The molecule has 0 bridgehead atoms. The Bertz CT molecular complexity index is 843. The summed E-state index contributed by atoms with van der Waals surface area (Å²) in [7, 11) is -1.62. The molecule has 0 aliphatic carbocycles. The number of aryl methyl sites for hydroxylation is 1. The van der Waals surface area contributed by atoms with E-state index >= 15 is 0 Å². The quantitative estimate of drug-likeness (QED) is 0.526. The van der Waals surface area contributed by atoms with Gasteiger partial charge in [-0.1, -0.05) is 82.4 Å². The lowest BCUT2D eigenvalue weighted by atomic mass is 10.0. The number of benzene rings is 2. The van der Waals surface area contributed by atoms with E-state index in [1.807, 2.05) is 6.07 Å². The van der Waals surface area contributed by atoms with Gasteiger partial charge in [0.1, 0.15) is 5.75 Å². The van der Waals surface area contributed by atoms with Crippen molar-refractivity contribution < 1.29 is 19.0 Å². The number of hydrogen-bond donors (Lipinski definition) is 2. The lowest BCUT2D eigenvalue weighted by Crippen LogP contribution is -2.44. The second kappa shape index (κ2) is 8.51. The largest absolute Gasteiger partial charge is 0.507 e. The molecule has 6 heteroatoms. The molecule has 0 fully saturated rings. The first-order valence-electron chi connectivity index (χ1n) is 9.92. The molecule has 154 valence electrons. The second-order valence-electron chi connectivity index (χ2n) is 8.55. The second-order valence-corrected chi connectivity index (χ2v) is 14.7. The van der Waals surface area contributed by atoms with E-state index in [0.717, 1.165) is 24.1 Å². The normalized spacial score (nSPS) is 12.4. The highest BCUT2D eigenvalue weighted by atomic mass is 28.3. The van der Waals surface area contributed by atoms with E-state index in [0.29, 0.717) is 22.0 Å². The lowest BCUT2D eigenvalue weighted by molar-refractivity contribution is 0.209. The van der Waals surface area contributed by atoms with Crippen LogP contribution in [0.15, 0.2) is 24.3 Å². The molecule has 0 aromatic heterocycles. The van der Waals surface area contributed by atoms with Gasteiger partial charge < -0.3 is 15.6 Å². The van der Waals surface area contributed by atoms with Crippen molar-refractivity contribution in [2.45, 2.75) is 70.6 Å². The van der Waals surface area contributed by atoms with Crippen LogP contribution in [0.25, 0.3) is 10.8 Å². The van der Waals surface area contributed by atoms with Crippen molar-refractivity contribution in [3.63, 3.8) is 0 Å². The molecular formula is C22H32FNO3Si. The summed E-state index contributed by atoms with van der Waals surface area (Å²) < 4.78 is 19.5. The molecule has 3 N–H and O–H groups in total. The van der Waals surface area contributed by atoms with Crippen LogP contribution in [0.2, 0.25) is 22.7 Å². The van der Waals surface area contributed by atoms with E-state index in [1.54, 1.807) is 12.1 Å². The first-order chi connectivity index (χ1) is 13.0. The van der Waals surface area contributed by atoms with Gasteiger partial charge in [-0.2, -0.15) is 0 Å². The summed E-state index contributed by atoms with van der Waals surface area (Å²) in [6, 6.07) is 7.50. The third kappa shape index (κ3) is 4.02. The summed E-state index contributed by atoms with van der Waals surface area (Å²) in [6.45, 7) is 13.9. The minimum atomic E-state index is -1.62. The van der Waals surface area contributed by atoms with Gasteiger partial charge in [0.05, 0.1) is 8.07 Å². The molecule has 0 aliphatic rings. The highest BCUT2D eigenvalue weighted by Gasteiger charge is 2.41. The third-order valence-corrected chi connectivity index (χ3v) is 14.0. The van der Waals surface area contributed by atoms with Gasteiger partial charge in [0.25, 0.3) is 0 Å². The number of amides is 1. The topological polar surface area (TPSA) is 72.5 Å². The fourth-order valence-corrected chi connectivity index (χ4v) is 11.5. The number of aromatic hydroxyl groups is 1.